The first-order chi connectivity index (χ1) is 20.5. The smallest absolute Gasteiger partial charge is 0.253 e. The van der Waals surface area contributed by atoms with Crippen LogP contribution in [0.1, 0.15) is 65.4 Å². The number of amides is 3. The summed E-state index contributed by atoms with van der Waals surface area (Å²) in [5, 5.41) is 11.1. The summed E-state index contributed by atoms with van der Waals surface area (Å²) in [6, 6.07) is 3.80. The van der Waals surface area contributed by atoms with Gasteiger partial charge in [-0.15, -0.1) is 13.2 Å². The van der Waals surface area contributed by atoms with Crippen LogP contribution in [0.5, 0.6) is 0 Å². The number of carbonyl (C=O) groups is 3. The monoisotopic (exact) mass is 613 g/mol. The Balaban J connectivity index is 1.91. The molecule has 0 aromatic heterocycles. The minimum atomic E-state index is -1.21. The van der Waals surface area contributed by atoms with E-state index in [1.165, 1.54) is 0 Å². The number of nitrogens with zero attached hydrogens (tertiary/aromatic N) is 3. The van der Waals surface area contributed by atoms with Crippen molar-refractivity contribution in [1.82, 2.24) is 9.80 Å². The number of hydrogen-bond donors (Lipinski definition) is 1. The van der Waals surface area contributed by atoms with Crippen molar-refractivity contribution in [3.63, 3.8) is 0 Å². The van der Waals surface area contributed by atoms with E-state index in [1.54, 1.807) is 32.9 Å². The highest BCUT2D eigenvalue weighted by molar-refractivity contribution is 6.34. The van der Waals surface area contributed by atoms with Gasteiger partial charge in [-0.2, -0.15) is 0 Å². The molecule has 3 saturated heterocycles. The highest BCUT2D eigenvalue weighted by atomic mass is 35.5. The van der Waals surface area contributed by atoms with Crippen LogP contribution in [-0.4, -0.2) is 82.2 Å². The average molecular weight is 614 g/mol. The third-order valence-electron chi connectivity index (χ3n) is 9.66. The van der Waals surface area contributed by atoms with Crippen LogP contribution in [0.15, 0.2) is 43.5 Å². The number of likely N-dealkylation sites (tertiary alicyclic amines) is 1. The lowest BCUT2D eigenvalue weighted by Crippen LogP contribution is -2.59. The van der Waals surface area contributed by atoms with Gasteiger partial charge in [0, 0.05) is 19.6 Å². The number of aryl methyl sites for hydroxylation is 1. The van der Waals surface area contributed by atoms with E-state index in [0.717, 1.165) is 12.0 Å². The van der Waals surface area contributed by atoms with Crippen molar-refractivity contribution in [2.45, 2.75) is 90.0 Å². The predicted molar refractivity (Wildman–Crippen MR) is 170 cm³/mol. The number of benzene rings is 1. The van der Waals surface area contributed by atoms with E-state index in [0.29, 0.717) is 49.5 Å². The van der Waals surface area contributed by atoms with Crippen LogP contribution in [0.4, 0.5) is 5.69 Å². The van der Waals surface area contributed by atoms with E-state index < -0.39 is 35.1 Å². The van der Waals surface area contributed by atoms with Gasteiger partial charge in [-0.05, 0) is 56.6 Å². The van der Waals surface area contributed by atoms with E-state index in [1.807, 2.05) is 46.8 Å². The molecule has 3 amide bonds. The standard InChI is InChI=1S/C34H48ClN3O5/c1-8-17-36(18-9-2)30(40)26-27-31(41)38(24(21-39)20-22(5)6)29(34(27)16-15-33(26,11-4)43-34)32(42)37(19-10-3)28-23(7)13-12-14-25(28)35/h8,10,12-14,22,24,26-27,29,39H,1,3,9,11,15-21H2,2,4-7H3/t24-,26-,27+,29?,33+,34?/m1/s1. The van der Waals surface area contributed by atoms with Crippen molar-refractivity contribution >= 4 is 35.0 Å². The van der Waals surface area contributed by atoms with Crippen LogP contribution < -0.4 is 4.90 Å². The Labute approximate surface area is 261 Å². The quantitative estimate of drug-likeness (QED) is 0.293. The van der Waals surface area contributed by atoms with Crippen LogP contribution in [0.3, 0.4) is 0 Å². The number of rotatable bonds is 14. The molecule has 3 fully saturated rings. The number of anilines is 1. The Morgan fingerprint density at radius 3 is 2.44 bits per heavy atom. The molecule has 0 aliphatic carbocycles. The van der Waals surface area contributed by atoms with Gasteiger partial charge in [-0.1, -0.05) is 63.6 Å². The normalized spacial score (nSPS) is 28.2. The van der Waals surface area contributed by atoms with E-state index in [2.05, 4.69) is 13.2 Å². The molecule has 0 radical (unpaired) electrons. The van der Waals surface area contributed by atoms with Gasteiger partial charge >= 0.3 is 0 Å². The predicted octanol–water partition coefficient (Wildman–Crippen LogP) is 5.15. The summed E-state index contributed by atoms with van der Waals surface area (Å²) >= 11 is 6.69. The number of fused-ring (bicyclic) bond motifs is 1. The molecule has 43 heavy (non-hydrogen) atoms. The fourth-order valence-electron chi connectivity index (χ4n) is 7.97. The molecule has 6 atom stereocenters. The lowest BCUT2D eigenvalue weighted by atomic mass is 9.64. The van der Waals surface area contributed by atoms with Crippen molar-refractivity contribution in [1.29, 1.82) is 0 Å². The van der Waals surface area contributed by atoms with Gasteiger partial charge in [0.2, 0.25) is 11.8 Å². The number of aliphatic hydroxyl groups is 1. The van der Waals surface area contributed by atoms with E-state index in [4.69, 9.17) is 16.3 Å². The molecule has 1 aromatic rings. The van der Waals surface area contributed by atoms with Gasteiger partial charge < -0.3 is 24.5 Å². The van der Waals surface area contributed by atoms with Crippen molar-refractivity contribution < 1.29 is 24.2 Å². The number of carbonyl (C=O) groups excluding carboxylic acids is 3. The lowest BCUT2D eigenvalue weighted by Gasteiger charge is -2.40. The first kappa shape index (κ1) is 33.2. The maximum Gasteiger partial charge on any atom is 0.253 e. The average Bonchev–Trinajstić information content (AvgIpc) is 3.58. The Bertz CT molecular complexity index is 1230. The Morgan fingerprint density at radius 1 is 1.19 bits per heavy atom. The van der Waals surface area contributed by atoms with Crippen molar-refractivity contribution in [2.24, 2.45) is 17.8 Å². The molecule has 3 aliphatic heterocycles. The van der Waals surface area contributed by atoms with Gasteiger partial charge in [-0.25, -0.2) is 0 Å². The summed E-state index contributed by atoms with van der Waals surface area (Å²) in [7, 11) is 0. The molecule has 8 nitrogen and oxygen atoms in total. The molecule has 0 saturated carbocycles. The van der Waals surface area contributed by atoms with Crippen LogP contribution in [0.25, 0.3) is 0 Å². The Kier molecular flexibility index (Phi) is 10.1. The third-order valence-corrected chi connectivity index (χ3v) is 9.96. The number of halogens is 1. The fourth-order valence-corrected chi connectivity index (χ4v) is 8.30. The van der Waals surface area contributed by atoms with Crippen LogP contribution in [0.2, 0.25) is 5.02 Å². The molecular weight excluding hydrogens is 566 g/mol. The molecule has 3 heterocycles. The molecule has 1 aromatic carbocycles. The van der Waals surface area contributed by atoms with Gasteiger partial charge in [0.05, 0.1) is 40.8 Å². The first-order valence-corrected chi connectivity index (χ1v) is 16.1. The molecule has 2 bridgehead atoms. The summed E-state index contributed by atoms with van der Waals surface area (Å²) in [5.74, 6) is -2.20. The Morgan fingerprint density at radius 2 is 1.88 bits per heavy atom. The second-order valence-corrected chi connectivity index (χ2v) is 13.2. The number of aliphatic hydroxyl groups excluding tert-OH is 1. The van der Waals surface area contributed by atoms with Crippen molar-refractivity contribution in [2.75, 3.05) is 31.1 Å². The molecular formula is C34H48ClN3O5. The van der Waals surface area contributed by atoms with E-state index in [-0.39, 0.29) is 36.8 Å². The van der Waals surface area contributed by atoms with Crippen LogP contribution in [-0.2, 0) is 19.1 Å². The number of hydrogen-bond acceptors (Lipinski definition) is 5. The second kappa shape index (κ2) is 13.1. The molecule has 3 aliphatic rings. The summed E-state index contributed by atoms with van der Waals surface area (Å²) in [6.07, 6.45) is 6.17. The number of ether oxygens (including phenoxy) is 1. The highest BCUT2D eigenvalue weighted by Crippen LogP contribution is 2.65. The Hall–Kier alpha value is -2.68. The van der Waals surface area contributed by atoms with Crippen LogP contribution >= 0.6 is 11.6 Å². The van der Waals surface area contributed by atoms with Crippen molar-refractivity contribution in [3.8, 4) is 0 Å². The number of para-hydroxylation sites is 1. The molecule has 1 spiro atoms. The van der Waals surface area contributed by atoms with Crippen molar-refractivity contribution in [3.05, 3.63) is 54.1 Å². The zero-order valence-corrected chi connectivity index (χ0v) is 27.1. The topological polar surface area (TPSA) is 90.4 Å². The van der Waals surface area contributed by atoms with Gasteiger partial charge in [-0.3, -0.25) is 14.4 Å². The first-order valence-electron chi connectivity index (χ1n) is 15.7. The zero-order valence-electron chi connectivity index (χ0n) is 26.4. The second-order valence-electron chi connectivity index (χ2n) is 12.8. The van der Waals surface area contributed by atoms with Crippen LogP contribution in [0, 0.1) is 24.7 Å². The van der Waals surface area contributed by atoms with E-state index in [9.17, 15) is 19.5 Å². The van der Waals surface area contributed by atoms with Gasteiger partial charge in [0.1, 0.15) is 11.6 Å². The fraction of sp³-hybridized carbons (Fsp3) is 0.618. The van der Waals surface area contributed by atoms with Gasteiger partial charge in [0.15, 0.2) is 0 Å². The minimum Gasteiger partial charge on any atom is -0.394 e. The molecule has 1 N–H and O–H groups in total. The summed E-state index contributed by atoms with van der Waals surface area (Å²) in [5.41, 5.74) is -0.708. The minimum absolute atomic E-state index is 0.133. The SMILES string of the molecule is C=CCN(CCC)C(=O)[C@H]1[C@H]2C(=O)N([C@@H](CO)CC(C)C)C(C(=O)N(CC=C)c3c(C)cccc3Cl)C23CC[C@]1(CC)O3. The van der Waals surface area contributed by atoms with Gasteiger partial charge in [0.25, 0.3) is 5.91 Å². The molecule has 9 heteroatoms. The summed E-state index contributed by atoms with van der Waals surface area (Å²) < 4.78 is 7.00. The molecule has 2 unspecified atom stereocenters. The summed E-state index contributed by atoms with van der Waals surface area (Å²) in [6.45, 7) is 18.4. The largest absolute Gasteiger partial charge is 0.394 e. The van der Waals surface area contributed by atoms with E-state index >= 15 is 0 Å². The maximum absolute atomic E-state index is 15.0. The summed E-state index contributed by atoms with van der Waals surface area (Å²) in [4.78, 5) is 49.0. The maximum atomic E-state index is 15.0. The zero-order chi connectivity index (χ0) is 31.7. The third kappa shape index (κ3) is 5.44. The molecule has 4 rings (SSSR count). The molecule has 236 valence electrons. The lowest BCUT2D eigenvalue weighted by molar-refractivity contribution is -0.154. The highest BCUT2D eigenvalue weighted by Gasteiger charge is 2.79.